The summed E-state index contributed by atoms with van der Waals surface area (Å²) in [5, 5.41) is 2.77. The molecule has 6 nitrogen and oxygen atoms in total. The number of nitrogens with zero attached hydrogens (tertiary/aromatic N) is 1. The van der Waals surface area contributed by atoms with E-state index in [-0.39, 0.29) is 29.6 Å². The molecule has 1 aliphatic heterocycles. The number of hydrogen-bond acceptors (Lipinski definition) is 4. The second-order valence-electron chi connectivity index (χ2n) is 8.79. The number of ether oxygens (including phenoxy) is 2. The van der Waals surface area contributed by atoms with Gasteiger partial charge in [0.05, 0.1) is 26.2 Å². The van der Waals surface area contributed by atoms with Gasteiger partial charge in [0.1, 0.15) is 5.82 Å². The molecule has 0 aliphatic carbocycles. The molecule has 3 aromatic carbocycles. The van der Waals surface area contributed by atoms with Crippen molar-refractivity contribution in [2.24, 2.45) is 0 Å². The van der Waals surface area contributed by atoms with Crippen LogP contribution in [-0.2, 0) is 11.2 Å². The van der Waals surface area contributed by atoms with Gasteiger partial charge in [0.15, 0.2) is 17.3 Å². The number of carbonyl (C=O) groups excluding carboxylic acids is 2. The van der Waals surface area contributed by atoms with Crippen LogP contribution in [0.5, 0.6) is 11.5 Å². The lowest BCUT2D eigenvalue weighted by Gasteiger charge is -2.32. The molecule has 9 heteroatoms. The van der Waals surface area contributed by atoms with Crippen LogP contribution >= 0.6 is 0 Å². The number of amides is 2. The molecule has 2 amide bonds. The molecule has 3 aromatic rings. The molecule has 1 saturated heterocycles. The predicted molar refractivity (Wildman–Crippen MR) is 133 cm³/mol. The summed E-state index contributed by atoms with van der Waals surface area (Å²) >= 11 is 0. The van der Waals surface area contributed by atoms with E-state index < -0.39 is 29.1 Å². The van der Waals surface area contributed by atoms with Crippen molar-refractivity contribution in [1.82, 2.24) is 4.90 Å². The maximum atomic E-state index is 14.8. The lowest BCUT2D eigenvalue weighted by molar-refractivity contribution is -0.115. The normalized spacial score (nSPS) is 13.8. The largest absolute Gasteiger partial charge is 0.494 e. The number of carbonyl (C=O) groups is 2. The van der Waals surface area contributed by atoms with Crippen LogP contribution in [0, 0.1) is 17.5 Å². The van der Waals surface area contributed by atoms with Gasteiger partial charge in [-0.15, -0.1) is 0 Å². The molecule has 0 aromatic heterocycles. The fraction of sp³-hybridized carbons (Fsp3) is 0.286. The molecule has 0 radical (unpaired) electrons. The highest BCUT2D eigenvalue weighted by molar-refractivity contribution is 5.95. The van der Waals surface area contributed by atoms with Crippen molar-refractivity contribution in [3.05, 3.63) is 88.7 Å². The van der Waals surface area contributed by atoms with E-state index in [9.17, 15) is 22.8 Å². The molecule has 37 heavy (non-hydrogen) atoms. The number of likely N-dealkylation sites (tertiary alicyclic amines) is 1. The first-order valence-electron chi connectivity index (χ1n) is 11.8. The van der Waals surface area contributed by atoms with Gasteiger partial charge >= 0.3 is 0 Å². The lowest BCUT2D eigenvalue weighted by Crippen LogP contribution is -2.38. The van der Waals surface area contributed by atoms with Gasteiger partial charge in [0, 0.05) is 18.8 Å². The zero-order valence-corrected chi connectivity index (χ0v) is 20.5. The van der Waals surface area contributed by atoms with E-state index in [1.54, 1.807) is 30.3 Å². The first kappa shape index (κ1) is 26.1. The third-order valence-electron chi connectivity index (χ3n) is 6.54. The fourth-order valence-electron chi connectivity index (χ4n) is 4.52. The summed E-state index contributed by atoms with van der Waals surface area (Å²) < 4.78 is 52.5. The maximum absolute atomic E-state index is 14.8. The van der Waals surface area contributed by atoms with Crippen molar-refractivity contribution >= 4 is 17.5 Å². The van der Waals surface area contributed by atoms with E-state index in [0.717, 1.165) is 18.7 Å². The standard InChI is InChI=1S/C28H27F3N2O4/c1-36-23-16-21(25(30)27(37-2)26(23)31)28(35)33-13-11-18(12-14-33)17-7-9-20(10-8-17)32-24(34)15-19-5-3-4-6-22(19)29/h3-10,16,18H,11-15H2,1-2H3,(H,32,34). The average molecular weight is 513 g/mol. The second kappa shape index (κ2) is 11.4. The summed E-state index contributed by atoms with van der Waals surface area (Å²) in [5.41, 5.74) is 1.68. The summed E-state index contributed by atoms with van der Waals surface area (Å²) in [5.74, 6) is -4.08. The molecule has 1 aliphatic rings. The predicted octanol–water partition coefficient (Wildman–Crippen LogP) is 5.32. The first-order chi connectivity index (χ1) is 17.8. The van der Waals surface area contributed by atoms with Gasteiger partial charge in [-0.2, -0.15) is 4.39 Å². The molecule has 0 bridgehead atoms. The zero-order valence-electron chi connectivity index (χ0n) is 20.5. The Morgan fingerprint density at radius 3 is 2.24 bits per heavy atom. The number of benzene rings is 3. The van der Waals surface area contributed by atoms with Crippen LogP contribution in [0.3, 0.4) is 0 Å². The molecule has 1 heterocycles. The molecule has 194 valence electrons. The van der Waals surface area contributed by atoms with Gasteiger partial charge in [-0.05, 0) is 54.2 Å². The number of anilines is 1. The molecular weight excluding hydrogens is 485 g/mol. The van der Waals surface area contributed by atoms with Crippen LogP contribution in [0.2, 0.25) is 0 Å². The Bertz CT molecular complexity index is 1290. The Hall–Kier alpha value is -4.01. The number of piperidine rings is 1. The van der Waals surface area contributed by atoms with Crippen molar-refractivity contribution in [2.75, 3.05) is 32.6 Å². The number of halogens is 3. The Morgan fingerprint density at radius 2 is 1.62 bits per heavy atom. The highest BCUT2D eigenvalue weighted by Gasteiger charge is 2.30. The molecule has 0 spiro atoms. The van der Waals surface area contributed by atoms with E-state index in [0.29, 0.717) is 37.2 Å². The minimum Gasteiger partial charge on any atom is -0.494 e. The number of nitrogens with one attached hydrogen (secondary N) is 1. The van der Waals surface area contributed by atoms with Gasteiger partial charge < -0.3 is 19.7 Å². The van der Waals surface area contributed by atoms with Crippen LogP contribution < -0.4 is 14.8 Å². The van der Waals surface area contributed by atoms with Crippen LogP contribution in [0.1, 0.15) is 40.2 Å². The molecular formula is C28H27F3N2O4. The van der Waals surface area contributed by atoms with Gasteiger partial charge in [0.25, 0.3) is 5.91 Å². The summed E-state index contributed by atoms with van der Waals surface area (Å²) in [6.45, 7) is 0.790. The van der Waals surface area contributed by atoms with Gasteiger partial charge in [-0.25, -0.2) is 8.78 Å². The Balaban J connectivity index is 1.36. The Labute approximate surface area is 213 Å². The Kier molecular flexibility index (Phi) is 8.01. The fourth-order valence-corrected chi connectivity index (χ4v) is 4.52. The van der Waals surface area contributed by atoms with E-state index in [2.05, 4.69) is 5.32 Å². The third-order valence-corrected chi connectivity index (χ3v) is 6.54. The minimum atomic E-state index is -1.06. The van der Waals surface area contributed by atoms with Crippen LogP contribution in [0.4, 0.5) is 18.9 Å². The first-order valence-corrected chi connectivity index (χ1v) is 11.8. The van der Waals surface area contributed by atoms with E-state index in [1.165, 1.54) is 18.1 Å². The average Bonchev–Trinajstić information content (AvgIpc) is 2.91. The van der Waals surface area contributed by atoms with Crippen molar-refractivity contribution < 1.29 is 32.2 Å². The molecule has 1 N–H and O–H groups in total. The number of methoxy groups -OCH3 is 2. The van der Waals surface area contributed by atoms with Crippen molar-refractivity contribution in [3.8, 4) is 11.5 Å². The van der Waals surface area contributed by atoms with Gasteiger partial charge in [-0.1, -0.05) is 30.3 Å². The zero-order chi connectivity index (χ0) is 26.5. The van der Waals surface area contributed by atoms with Crippen LogP contribution in [0.15, 0.2) is 54.6 Å². The van der Waals surface area contributed by atoms with E-state index >= 15 is 0 Å². The molecule has 0 saturated carbocycles. The van der Waals surface area contributed by atoms with Gasteiger partial charge in [0.2, 0.25) is 11.7 Å². The number of rotatable bonds is 7. The summed E-state index contributed by atoms with van der Waals surface area (Å²) in [7, 11) is 2.36. The van der Waals surface area contributed by atoms with E-state index in [4.69, 9.17) is 9.47 Å². The lowest BCUT2D eigenvalue weighted by atomic mass is 9.89. The highest BCUT2D eigenvalue weighted by atomic mass is 19.1. The summed E-state index contributed by atoms with van der Waals surface area (Å²) in [4.78, 5) is 26.8. The van der Waals surface area contributed by atoms with Crippen LogP contribution in [0.25, 0.3) is 0 Å². The van der Waals surface area contributed by atoms with Crippen molar-refractivity contribution in [1.29, 1.82) is 0 Å². The SMILES string of the molecule is COc1cc(C(=O)N2CCC(c3ccc(NC(=O)Cc4ccccc4F)cc3)CC2)c(F)c(OC)c1F. The third kappa shape index (κ3) is 5.71. The smallest absolute Gasteiger partial charge is 0.257 e. The summed E-state index contributed by atoms with van der Waals surface area (Å²) in [6, 6.07) is 14.6. The quantitative estimate of drug-likeness (QED) is 0.465. The molecule has 4 rings (SSSR count). The van der Waals surface area contributed by atoms with E-state index in [1.807, 2.05) is 12.1 Å². The van der Waals surface area contributed by atoms with Crippen molar-refractivity contribution in [2.45, 2.75) is 25.2 Å². The van der Waals surface area contributed by atoms with Crippen molar-refractivity contribution in [3.63, 3.8) is 0 Å². The molecule has 0 unspecified atom stereocenters. The Morgan fingerprint density at radius 1 is 0.946 bits per heavy atom. The molecule has 1 fully saturated rings. The maximum Gasteiger partial charge on any atom is 0.257 e. The molecule has 0 atom stereocenters. The summed E-state index contributed by atoms with van der Waals surface area (Å²) in [6.07, 6.45) is 1.25. The topological polar surface area (TPSA) is 67.9 Å². The van der Waals surface area contributed by atoms with Gasteiger partial charge in [-0.3, -0.25) is 9.59 Å². The monoisotopic (exact) mass is 512 g/mol. The highest BCUT2D eigenvalue weighted by Crippen LogP contribution is 2.34. The van der Waals surface area contributed by atoms with Crippen LogP contribution in [-0.4, -0.2) is 44.0 Å². The second-order valence-corrected chi connectivity index (χ2v) is 8.79. The minimum absolute atomic E-state index is 0.0622. The number of hydrogen-bond donors (Lipinski definition) is 1.